The number of aromatic nitrogens is 2. The molecule has 0 atom stereocenters. The summed E-state index contributed by atoms with van der Waals surface area (Å²) in [6, 6.07) is 18.2. The fourth-order valence-corrected chi connectivity index (χ4v) is 2.47. The highest BCUT2D eigenvalue weighted by Crippen LogP contribution is 2.16. The molecule has 0 amide bonds. The summed E-state index contributed by atoms with van der Waals surface area (Å²) in [5, 5.41) is 13.8. The quantitative estimate of drug-likeness (QED) is 0.329. The summed E-state index contributed by atoms with van der Waals surface area (Å²) < 4.78 is 10.5. The second-order valence-corrected chi connectivity index (χ2v) is 5.86. The average molecular weight is 378 g/mol. The molecule has 8 heteroatoms. The van der Waals surface area contributed by atoms with Crippen molar-refractivity contribution in [3.8, 4) is 0 Å². The summed E-state index contributed by atoms with van der Waals surface area (Å²) >= 11 is 0. The number of H-pyrrole nitrogens is 1. The first-order chi connectivity index (χ1) is 13.6. The van der Waals surface area contributed by atoms with Crippen molar-refractivity contribution >= 4 is 17.8 Å². The number of rotatable bonds is 7. The van der Waals surface area contributed by atoms with Gasteiger partial charge in [-0.3, -0.25) is 10.5 Å². The molecule has 2 aromatic carbocycles. The summed E-state index contributed by atoms with van der Waals surface area (Å²) in [5.74, 6) is -2.09. The molecule has 0 saturated heterocycles. The lowest BCUT2D eigenvalue weighted by atomic mass is 10.1. The molecule has 0 aliphatic rings. The van der Waals surface area contributed by atoms with Gasteiger partial charge in [0.05, 0.1) is 0 Å². The monoisotopic (exact) mass is 378 g/mol. The lowest BCUT2D eigenvalue weighted by molar-refractivity contribution is 0.0421. The van der Waals surface area contributed by atoms with Gasteiger partial charge in [-0.2, -0.15) is 5.10 Å². The van der Waals surface area contributed by atoms with Gasteiger partial charge in [0, 0.05) is 0 Å². The van der Waals surface area contributed by atoms with Gasteiger partial charge in [-0.05, 0) is 11.1 Å². The molecule has 8 nitrogen and oxygen atoms in total. The van der Waals surface area contributed by atoms with E-state index in [1.165, 1.54) is 0 Å². The Hall–Kier alpha value is -3.94. The van der Waals surface area contributed by atoms with Crippen molar-refractivity contribution in [2.24, 2.45) is 5.73 Å². The molecule has 28 heavy (non-hydrogen) atoms. The minimum absolute atomic E-state index is 0.000695. The van der Waals surface area contributed by atoms with Gasteiger partial charge in [-0.15, -0.1) is 0 Å². The standard InChI is InChI=1S/C20H18N4O4/c21-18(22)16-15(19(25)27-11-13-7-3-1-4-8-13)17(24-23-16)20(26)28-12-14-9-5-2-6-10-14/h1-10H,11-12H2,(H3,21,22)(H,23,24). The van der Waals surface area contributed by atoms with Gasteiger partial charge in [-0.1, -0.05) is 60.7 Å². The van der Waals surface area contributed by atoms with Crippen LogP contribution in [0.15, 0.2) is 60.7 Å². The Morgan fingerprint density at radius 2 is 1.39 bits per heavy atom. The Labute approximate surface area is 160 Å². The van der Waals surface area contributed by atoms with Crippen LogP contribution >= 0.6 is 0 Å². The highest BCUT2D eigenvalue weighted by Gasteiger charge is 2.28. The predicted octanol–water partition coefficient (Wildman–Crippen LogP) is 2.41. The summed E-state index contributed by atoms with van der Waals surface area (Å²) in [4.78, 5) is 25.0. The van der Waals surface area contributed by atoms with Crippen LogP contribution in [0, 0.1) is 5.41 Å². The van der Waals surface area contributed by atoms with Crippen LogP contribution < -0.4 is 5.73 Å². The zero-order chi connectivity index (χ0) is 19.9. The number of nitrogen functional groups attached to an aromatic ring is 1. The summed E-state index contributed by atoms with van der Waals surface area (Å²) in [6.45, 7) is 0.0211. The third-order valence-corrected chi connectivity index (χ3v) is 3.86. The van der Waals surface area contributed by atoms with Crippen LogP contribution in [0.2, 0.25) is 0 Å². The molecule has 0 aliphatic heterocycles. The Bertz CT molecular complexity index is 984. The van der Waals surface area contributed by atoms with E-state index in [1.807, 2.05) is 36.4 Å². The van der Waals surface area contributed by atoms with Crippen LogP contribution in [0.1, 0.15) is 37.7 Å². The molecule has 3 aromatic rings. The lowest BCUT2D eigenvalue weighted by Crippen LogP contribution is -2.19. The number of carbonyl (C=O) groups is 2. The fourth-order valence-electron chi connectivity index (χ4n) is 2.47. The smallest absolute Gasteiger partial charge is 0.357 e. The second-order valence-electron chi connectivity index (χ2n) is 5.86. The highest BCUT2D eigenvalue weighted by molar-refractivity contribution is 6.10. The second kappa shape index (κ2) is 8.63. The van der Waals surface area contributed by atoms with Gasteiger partial charge in [0.2, 0.25) is 0 Å². The van der Waals surface area contributed by atoms with Crippen LogP contribution in [0.3, 0.4) is 0 Å². The normalized spacial score (nSPS) is 10.3. The van der Waals surface area contributed by atoms with Crippen molar-refractivity contribution in [3.05, 3.63) is 88.7 Å². The van der Waals surface area contributed by atoms with Gasteiger partial charge in [0.1, 0.15) is 30.3 Å². The molecule has 142 valence electrons. The zero-order valence-corrected chi connectivity index (χ0v) is 14.8. The topological polar surface area (TPSA) is 131 Å². The van der Waals surface area contributed by atoms with Crippen LogP contribution in [0.5, 0.6) is 0 Å². The minimum Gasteiger partial charge on any atom is -0.457 e. The number of hydrogen-bond acceptors (Lipinski definition) is 6. The Kier molecular flexibility index (Phi) is 5.81. The summed E-state index contributed by atoms with van der Waals surface area (Å²) in [6.07, 6.45) is 0. The first-order valence-electron chi connectivity index (χ1n) is 8.41. The van der Waals surface area contributed by atoms with Gasteiger partial charge < -0.3 is 15.2 Å². The minimum atomic E-state index is -0.825. The van der Waals surface area contributed by atoms with E-state index in [9.17, 15) is 9.59 Å². The molecular formula is C20H18N4O4. The van der Waals surface area contributed by atoms with Crippen molar-refractivity contribution in [2.75, 3.05) is 0 Å². The molecular weight excluding hydrogens is 360 g/mol. The molecule has 1 heterocycles. The predicted molar refractivity (Wildman–Crippen MR) is 101 cm³/mol. The van der Waals surface area contributed by atoms with Crippen molar-refractivity contribution in [1.29, 1.82) is 5.41 Å². The maximum Gasteiger partial charge on any atom is 0.357 e. The molecule has 0 aliphatic carbocycles. The molecule has 0 unspecified atom stereocenters. The van der Waals surface area contributed by atoms with E-state index >= 15 is 0 Å². The number of ether oxygens (including phenoxy) is 2. The molecule has 0 saturated carbocycles. The average Bonchev–Trinajstić information content (AvgIpc) is 3.17. The third kappa shape index (κ3) is 4.42. The molecule has 0 bridgehead atoms. The van der Waals surface area contributed by atoms with Crippen molar-refractivity contribution < 1.29 is 19.1 Å². The SMILES string of the molecule is N=C(N)c1n[nH]c(C(=O)OCc2ccccc2)c1C(=O)OCc1ccccc1. The van der Waals surface area contributed by atoms with E-state index in [2.05, 4.69) is 10.2 Å². The first kappa shape index (κ1) is 18.8. The largest absolute Gasteiger partial charge is 0.457 e. The molecule has 0 radical (unpaired) electrons. The first-order valence-corrected chi connectivity index (χ1v) is 8.41. The number of nitrogens with two attached hydrogens (primary N) is 1. The van der Waals surface area contributed by atoms with Gasteiger partial charge in [0.25, 0.3) is 0 Å². The van der Waals surface area contributed by atoms with Crippen LogP contribution in [-0.2, 0) is 22.7 Å². The number of esters is 2. The van der Waals surface area contributed by atoms with Gasteiger partial charge in [-0.25, -0.2) is 9.59 Å². The molecule has 0 spiro atoms. The molecule has 4 N–H and O–H groups in total. The summed E-state index contributed by atoms with van der Waals surface area (Å²) in [5.41, 5.74) is 6.45. The Balaban J connectivity index is 1.77. The highest BCUT2D eigenvalue weighted by atomic mass is 16.5. The van der Waals surface area contributed by atoms with Crippen molar-refractivity contribution in [2.45, 2.75) is 13.2 Å². The van der Waals surface area contributed by atoms with E-state index in [1.54, 1.807) is 24.3 Å². The Morgan fingerprint density at radius 1 is 0.893 bits per heavy atom. The van der Waals surface area contributed by atoms with Crippen LogP contribution in [0.25, 0.3) is 0 Å². The number of nitrogens with zero attached hydrogens (tertiary/aromatic N) is 1. The number of amidine groups is 1. The molecule has 3 rings (SSSR count). The lowest BCUT2D eigenvalue weighted by Gasteiger charge is -2.08. The maximum atomic E-state index is 12.6. The number of hydrogen-bond donors (Lipinski definition) is 3. The van der Waals surface area contributed by atoms with E-state index in [0.29, 0.717) is 0 Å². The Morgan fingerprint density at radius 3 is 1.89 bits per heavy atom. The molecule has 1 aromatic heterocycles. The zero-order valence-electron chi connectivity index (χ0n) is 14.8. The molecule has 0 fully saturated rings. The number of benzene rings is 2. The fraction of sp³-hybridized carbons (Fsp3) is 0.100. The van der Waals surface area contributed by atoms with E-state index < -0.39 is 17.8 Å². The number of aromatic amines is 1. The van der Waals surface area contributed by atoms with Crippen molar-refractivity contribution in [1.82, 2.24) is 10.2 Å². The van der Waals surface area contributed by atoms with Gasteiger partial charge in [0.15, 0.2) is 5.69 Å². The van der Waals surface area contributed by atoms with Gasteiger partial charge >= 0.3 is 11.9 Å². The van der Waals surface area contributed by atoms with Crippen molar-refractivity contribution in [3.63, 3.8) is 0 Å². The third-order valence-electron chi connectivity index (χ3n) is 3.86. The number of carbonyl (C=O) groups excluding carboxylic acids is 2. The van der Waals surface area contributed by atoms with E-state index in [0.717, 1.165) is 11.1 Å². The summed E-state index contributed by atoms with van der Waals surface area (Å²) in [7, 11) is 0. The van der Waals surface area contributed by atoms with Crippen LogP contribution in [0.4, 0.5) is 0 Å². The van der Waals surface area contributed by atoms with E-state index in [4.69, 9.17) is 20.6 Å². The van der Waals surface area contributed by atoms with E-state index in [-0.39, 0.29) is 30.2 Å². The number of nitrogens with one attached hydrogen (secondary N) is 2. The van der Waals surface area contributed by atoms with Crippen LogP contribution in [-0.4, -0.2) is 28.0 Å². The maximum absolute atomic E-state index is 12.6.